The lowest BCUT2D eigenvalue weighted by molar-refractivity contribution is -0.141. The number of esters is 1. The highest BCUT2D eigenvalue weighted by molar-refractivity contribution is 5.99. The van der Waals surface area contributed by atoms with Gasteiger partial charge in [0.15, 0.2) is 0 Å². The molecular formula is C22H35NO5. The zero-order valence-electron chi connectivity index (χ0n) is 18.1. The van der Waals surface area contributed by atoms with Crippen LogP contribution in [0.5, 0.6) is 5.75 Å². The van der Waals surface area contributed by atoms with Crippen LogP contribution in [-0.4, -0.2) is 37.3 Å². The highest BCUT2D eigenvalue weighted by atomic mass is 16.5. The predicted molar refractivity (Wildman–Crippen MR) is 111 cm³/mol. The maximum absolute atomic E-state index is 13.0. The Morgan fingerprint density at radius 2 is 1.79 bits per heavy atom. The Hall–Kier alpha value is -2.08. The Morgan fingerprint density at radius 1 is 1.11 bits per heavy atom. The molecule has 0 unspecified atom stereocenters. The van der Waals surface area contributed by atoms with E-state index in [4.69, 9.17) is 14.2 Å². The van der Waals surface area contributed by atoms with Crippen molar-refractivity contribution in [3.05, 3.63) is 23.8 Å². The van der Waals surface area contributed by atoms with Gasteiger partial charge in [0.25, 0.3) is 5.91 Å². The molecule has 0 saturated carbocycles. The summed E-state index contributed by atoms with van der Waals surface area (Å²) in [5.41, 5.74) is -0.133. The van der Waals surface area contributed by atoms with E-state index >= 15 is 0 Å². The first-order valence-electron chi connectivity index (χ1n) is 10.2. The molecule has 1 amide bonds. The Balaban J connectivity index is 3.09. The number of benzene rings is 1. The maximum Gasteiger partial charge on any atom is 0.341 e. The van der Waals surface area contributed by atoms with Gasteiger partial charge in [-0.05, 0) is 57.2 Å². The minimum atomic E-state index is -0.939. The van der Waals surface area contributed by atoms with Crippen LogP contribution in [0, 0.1) is 5.92 Å². The summed E-state index contributed by atoms with van der Waals surface area (Å²) >= 11 is 0. The highest BCUT2D eigenvalue weighted by Gasteiger charge is 2.35. The van der Waals surface area contributed by atoms with Gasteiger partial charge in [0.1, 0.15) is 16.9 Å². The van der Waals surface area contributed by atoms with Crippen LogP contribution >= 0.6 is 0 Å². The van der Waals surface area contributed by atoms with E-state index in [1.807, 2.05) is 20.8 Å². The molecule has 1 atom stereocenters. The fourth-order valence-electron chi connectivity index (χ4n) is 2.90. The van der Waals surface area contributed by atoms with Crippen molar-refractivity contribution in [1.29, 1.82) is 0 Å². The van der Waals surface area contributed by atoms with Crippen LogP contribution in [0.1, 0.15) is 71.2 Å². The van der Waals surface area contributed by atoms with E-state index in [1.165, 1.54) is 0 Å². The molecule has 1 aromatic rings. The standard InChI is InChI=1S/C22H35NO5/c1-7-12-27-19-11-10-17(14-18(19)20(24)26-9-3)23-21(25)22(6,15-16(4)5)28-13-8-2/h10-11,14,16H,7-9,12-13,15H2,1-6H3,(H,23,25)/t22-/m1/s1. The summed E-state index contributed by atoms with van der Waals surface area (Å²) in [7, 11) is 0. The molecule has 0 spiro atoms. The lowest BCUT2D eigenvalue weighted by atomic mass is 9.93. The van der Waals surface area contributed by atoms with E-state index in [1.54, 1.807) is 25.1 Å². The van der Waals surface area contributed by atoms with Gasteiger partial charge in [-0.15, -0.1) is 0 Å². The van der Waals surface area contributed by atoms with Crippen molar-refractivity contribution in [3.8, 4) is 5.75 Å². The van der Waals surface area contributed by atoms with Gasteiger partial charge >= 0.3 is 5.97 Å². The molecule has 0 fully saturated rings. The van der Waals surface area contributed by atoms with E-state index in [2.05, 4.69) is 19.2 Å². The van der Waals surface area contributed by atoms with E-state index in [0.717, 1.165) is 12.8 Å². The van der Waals surface area contributed by atoms with Gasteiger partial charge in [-0.25, -0.2) is 4.79 Å². The molecule has 0 heterocycles. The van der Waals surface area contributed by atoms with Crippen molar-refractivity contribution < 1.29 is 23.8 Å². The number of rotatable bonds is 12. The third kappa shape index (κ3) is 7.15. The average Bonchev–Trinajstić information content (AvgIpc) is 2.64. The van der Waals surface area contributed by atoms with Crippen molar-refractivity contribution in [2.75, 3.05) is 25.1 Å². The SMILES string of the molecule is CCCOc1ccc(NC(=O)[C@@](C)(CC(C)C)OCCC)cc1C(=O)OCC. The van der Waals surface area contributed by atoms with Gasteiger partial charge in [-0.2, -0.15) is 0 Å². The Morgan fingerprint density at radius 3 is 2.36 bits per heavy atom. The molecule has 6 heteroatoms. The molecule has 0 aliphatic heterocycles. The average molecular weight is 394 g/mol. The van der Waals surface area contributed by atoms with Crippen molar-refractivity contribution in [3.63, 3.8) is 0 Å². The molecular weight excluding hydrogens is 358 g/mol. The second-order valence-corrected chi connectivity index (χ2v) is 7.41. The minimum Gasteiger partial charge on any atom is -0.493 e. The lowest BCUT2D eigenvalue weighted by Gasteiger charge is -2.30. The Labute approximate surface area is 168 Å². The fraction of sp³-hybridized carbons (Fsp3) is 0.636. The monoisotopic (exact) mass is 393 g/mol. The minimum absolute atomic E-state index is 0.230. The van der Waals surface area contributed by atoms with Crippen LogP contribution in [0.25, 0.3) is 0 Å². The molecule has 0 saturated heterocycles. The van der Waals surface area contributed by atoms with E-state index < -0.39 is 11.6 Å². The number of ether oxygens (including phenoxy) is 3. The Bertz CT molecular complexity index is 644. The zero-order valence-corrected chi connectivity index (χ0v) is 18.1. The smallest absolute Gasteiger partial charge is 0.341 e. The lowest BCUT2D eigenvalue weighted by Crippen LogP contribution is -2.44. The first kappa shape index (κ1) is 24.0. The van der Waals surface area contributed by atoms with Gasteiger partial charge in [0.2, 0.25) is 0 Å². The molecule has 0 aliphatic carbocycles. The molecule has 6 nitrogen and oxygen atoms in total. The summed E-state index contributed by atoms with van der Waals surface area (Å²) in [6.45, 7) is 12.9. The number of carbonyl (C=O) groups excluding carboxylic acids is 2. The normalized spacial score (nSPS) is 13.1. The number of nitrogens with one attached hydrogen (secondary N) is 1. The summed E-state index contributed by atoms with van der Waals surface area (Å²) in [6.07, 6.45) is 2.25. The molecule has 0 bridgehead atoms. The van der Waals surface area contributed by atoms with Crippen molar-refractivity contribution >= 4 is 17.6 Å². The van der Waals surface area contributed by atoms with E-state index in [9.17, 15) is 9.59 Å². The fourth-order valence-corrected chi connectivity index (χ4v) is 2.90. The molecule has 1 aromatic carbocycles. The third-order valence-electron chi connectivity index (χ3n) is 4.10. The van der Waals surface area contributed by atoms with E-state index in [0.29, 0.717) is 42.6 Å². The van der Waals surface area contributed by atoms with Crippen LogP contribution in [0.4, 0.5) is 5.69 Å². The van der Waals surface area contributed by atoms with Crippen molar-refractivity contribution in [2.45, 2.75) is 66.4 Å². The number of hydrogen-bond donors (Lipinski definition) is 1. The summed E-state index contributed by atoms with van der Waals surface area (Å²) in [5, 5.41) is 2.89. The van der Waals surface area contributed by atoms with Gasteiger partial charge in [0.05, 0.1) is 13.2 Å². The summed E-state index contributed by atoms with van der Waals surface area (Å²) < 4.78 is 16.7. The number of hydrogen-bond acceptors (Lipinski definition) is 5. The van der Waals surface area contributed by atoms with Crippen LogP contribution in [-0.2, 0) is 14.3 Å². The van der Waals surface area contributed by atoms with Gasteiger partial charge in [0, 0.05) is 12.3 Å². The molecule has 0 aromatic heterocycles. The van der Waals surface area contributed by atoms with Crippen LogP contribution < -0.4 is 10.1 Å². The summed E-state index contributed by atoms with van der Waals surface area (Å²) in [6, 6.07) is 5.00. The van der Waals surface area contributed by atoms with Gasteiger partial charge in [-0.3, -0.25) is 4.79 Å². The van der Waals surface area contributed by atoms with E-state index in [-0.39, 0.29) is 12.5 Å². The molecule has 0 radical (unpaired) electrons. The summed E-state index contributed by atoms with van der Waals surface area (Å²) in [5.74, 6) is 0.0431. The largest absolute Gasteiger partial charge is 0.493 e. The van der Waals surface area contributed by atoms with Gasteiger partial charge in [-0.1, -0.05) is 27.7 Å². The van der Waals surface area contributed by atoms with Crippen molar-refractivity contribution in [2.24, 2.45) is 5.92 Å². The Kier molecular flexibility index (Phi) is 10.0. The molecule has 1 rings (SSSR count). The predicted octanol–water partition coefficient (Wildman–Crippen LogP) is 4.82. The quantitative estimate of drug-likeness (QED) is 0.515. The number of carbonyl (C=O) groups is 2. The third-order valence-corrected chi connectivity index (χ3v) is 4.10. The summed E-state index contributed by atoms with van der Waals surface area (Å²) in [4.78, 5) is 25.3. The van der Waals surface area contributed by atoms with Crippen molar-refractivity contribution in [1.82, 2.24) is 0 Å². The molecule has 1 N–H and O–H groups in total. The van der Waals surface area contributed by atoms with Crippen LogP contribution in [0.2, 0.25) is 0 Å². The molecule has 0 aliphatic rings. The number of amides is 1. The van der Waals surface area contributed by atoms with Gasteiger partial charge < -0.3 is 19.5 Å². The zero-order chi connectivity index (χ0) is 21.2. The second kappa shape index (κ2) is 11.7. The first-order valence-corrected chi connectivity index (χ1v) is 10.2. The first-order chi connectivity index (χ1) is 13.3. The topological polar surface area (TPSA) is 73.9 Å². The molecule has 158 valence electrons. The molecule has 28 heavy (non-hydrogen) atoms. The number of anilines is 1. The van der Waals surface area contributed by atoms with Crippen LogP contribution in [0.15, 0.2) is 18.2 Å². The maximum atomic E-state index is 13.0. The van der Waals surface area contributed by atoms with Crippen LogP contribution in [0.3, 0.4) is 0 Å². The highest BCUT2D eigenvalue weighted by Crippen LogP contribution is 2.27. The second-order valence-electron chi connectivity index (χ2n) is 7.41.